The van der Waals surface area contributed by atoms with Gasteiger partial charge in [-0.2, -0.15) is 0 Å². The molecule has 1 aromatic carbocycles. The van der Waals surface area contributed by atoms with Gasteiger partial charge in [0.05, 0.1) is 12.7 Å². The molecule has 0 radical (unpaired) electrons. The molecular formula is C17H27NO3Si. The van der Waals surface area contributed by atoms with E-state index in [0.29, 0.717) is 18.8 Å². The molecule has 2 rings (SSSR count). The van der Waals surface area contributed by atoms with E-state index in [1.807, 2.05) is 12.1 Å². The molecule has 1 aliphatic rings. The lowest BCUT2D eigenvalue weighted by atomic mass is 10.0. The van der Waals surface area contributed by atoms with E-state index >= 15 is 0 Å². The molecule has 4 nitrogen and oxygen atoms in total. The van der Waals surface area contributed by atoms with Crippen LogP contribution in [0.2, 0.25) is 18.1 Å². The topological polar surface area (TPSA) is 61.6 Å². The van der Waals surface area contributed by atoms with Crippen molar-refractivity contribution in [1.82, 2.24) is 0 Å². The standard InChI is InChI=1S/C17H27NO3Si/c1-17(2,3)22(4,5)21-9-8-15-14-7-6-12(16(18)19)10-13(14)11-20-15/h6-7,10,15H,8-9,11H2,1-5H3,(H2,18,19). The van der Waals surface area contributed by atoms with Crippen molar-refractivity contribution in [2.24, 2.45) is 5.73 Å². The Morgan fingerprint density at radius 1 is 1.41 bits per heavy atom. The molecule has 1 aliphatic heterocycles. The minimum absolute atomic E-state index is 0.0571. The highest BCUT2D eigenvalue weighted by Crippen LogP contribution is 2.38. The Labute approximate surface area is 134 Å². The second-order valence-corrected chi connectivity index (χ2v) is 12.3. The summed E-state index contributed by atoms with van der Waals surface area (Å²) in [6.45, 7) is 12.5. The number of hydrogen-bond acceptors (Lipinski definition) is 3. The van der Waals surface area contributed by atoms with Crippen LogP contribution in [0.3, 0.4) is 0 Å². The molecule has 122 valence electrons. The van der Waals surface area contributed by atoms with Gasteiger partial charge in [0.1, 0.15) is 0 Å². The molecule has 1 unspecified atom stereocenters. The van der Waals surface area contributed by atoms with Gasteiger partial charge < -0.3 is 14.9 Å². The lowest BCUT2D eigenvalue weighted by Gasteiger charge is -2.36. The van der Waals surface area contributed by atoms with Gasteiger partial charge in [-0.1, -0.05) is 26.8 Å². The van der Waals surface area contributed by atoms with Crippen LogP contribution in [0, 0.1) is 0 Å². The molecule has 1 heterocycles. The van der Waals surface area contributed by atoms with E-state index in [0.717, 1.165) is 17.5 Å². The highest BCUT2D eigenvalue weighted by Gasteiger charge is 2.37. The number of carbonyl (C=O) groups is 1. The predicted octanol–water partition coefficient (Wildman–Crippen LogP) is 3.77. The number of rotatable bonds is 5. The van der Waals surface area contributed by atoms with Crippen LogP contribution in [-0.4, -0.2) is 20.8 Å². The van der Waals surface area contributed by atoms with Crippen molar-refractivity contribution in [3.05, 3.63) is 34.9 Å². The highest BCUT2D eigenvalue weighted by atomic mass is 28.4. The zero-order valence-electron chi connectivity index (χ0n) is 14.2. The number of benzene rings is 1. The molecule has 5 heteroatoms. The quantitative estimate of drug-likeness (QED) is 0.840. The van der Waals surface area contributed by atoms with Gasteiger partial charge in [-0.25, -0.2) is 0 Å². The zero-order valence-corrected chi connectivity index (χ0v) is 15.2. The van der Waals surface area contributed by atoms with E-state index in [1.54, 1.807) is 6.07 Å². The summed E-state index contributed by atoms with van der Waals surface area (Å²) in [7, 11) is -1.71. The molecule has 0 aliphatic carbocycles. The fraction of sp³-hybridized carbons (Fsp3) is 0.588. The van der Waals surface area contributed by atoms with Crippen LogP contribution in [-0.2, 0) is 15.8 Å². The Balaban J connectivity index is 1.97. The third-order valence-electron chi connectivity index (χ3n) is 4.86. The van der Waals surface area contributed by atoms with Crippen LogP contribution >= 0.6 is 0 Å². The molecule has 0 aromatic heterocycles. The van der Waals surface area contributed by atoms with Crippen molar-refractivity contribution in [3.8, 4) is 0 Å². The Kier molecular flexibility index (Phi) is 4.80. The summed E-state index contributed by atoms with van der Waals surface area (Å²) >= 11 is 0. The van der Waals surface area contributed by atoms with Crippen molar-refractivity contribution in [2.75, 3.05) is 6.61 Å². The lowest BCUT2D eigenvalue weighted by Crippen LogP contribution is -2.41. The fourth-order valence-corrected chi connectivity index (χ4v) is 3.42. The number of ether oxygens (including phenoxy) is 1. The first kappa shape index (κ1) is 17.2. The smallest absolute Gasteiger partial charge is 0.248 e. The van der Waals surface area contributed by atoms with E-state index in [4.69, 9.17) is 14.9 Å². The van der Waals surface area contributed by atoms with Crippen LogP contribution in [0.4, 0.5) is 0 Å². The Morgan fingerprint density at radius 2 is 2.09 bits per heavy atom. The summed E-state index contributed by atoms with van der Waals surface area (Å²) in [6, 6.07) is 5.57. The van der Waals surface area contributed by atoms with Crippen molar-refractivity contribution in [3.63, 3.8) is 0 Å². The molecule has 1 amide bonds. The minimum Gasteiger partial charge on any atom is -0.417 e. The predicted molar refractivity (Wildman–Crippen MR) is 90.3 cm³/mol. The molecular weight excluding hydrogens is 294 g/mol. The normalized spacial score (nSPS) is 18.3. The maximum absolute atomic E-state index is 11.2. The van der Waals surface area contributed by atoms with Crippen LogP contribution in [0.5, 0.6) is 0 Å². The first-order valence-corrected chi connectivity index (χ1v) is 10.7. The first-order valence-electron chi connectivity index (χ1n) is 7.80. The van der Waals surface area contributed by atoms with Crippen molar-refractivity contribution >= 4 is 14.2 Å². The molecule has 0 spiro atoms. The molecule has 0 saturated carbocycles. The molecule has 22 heavy (non-hydrogen) atoms. The van der Waals surface area contributed by atoms with Crippen molar-refractivity contribution in [2.45, 2.75) is 58.0 Å². The minimum atomic E-state index is -1.71. The number of fused-ring (bicyclic) bond motifs is 1. The van der Waals surface area contributed by atoms with Crippen LogP contribution in [0.25, 0.3) is 0 Å². The monoisotopic (exact) mass is 321 g/mol. The number of nitrogens with two attached hydrogens (primary N) is 1. The summed E-state index contributed by atoms with van der Waals surface area (Å²) in [5.41, 5.74) is 8.08. The van der Waals surface area contributed by atoms with E-state index in [9.17, 15) is 4.79 Å². The third kappa shape index (κ3) is 3.59. The van der Waals surface area contributed by atoms with Crippen molar-refractivity contribution in [1.29, 1.82) is 0 Å². The molecule has 2 N–H and O–H groups in total. The van der Waals surface area contributed by atoms with E-state index < -0.39 is 14.2 Å². The summed E-state index contributed by atoms with van der Waals surface area (Å²) in [4.78, 5) is 11.2. The van der Waals surface area contributed by atoms with Gasteiger partial charge in [0.15, 0.2) is 8.32 Å². The van der Waals surface area contributed by atoms with Gasteiger partial charge in [-0.15, -0.1) is 0 Å². The second-order valence-electron chi connectivity index (χ2n) is 7.47. The van der Waals surface area contributed by atoms with Gasteiger partial charge in [0, 0.05) is 12.2 Å². The van der Waals surface area contributed by atoms with Crippen LogP contribution in [0.1, 0.15) is 54.8 Å². The van der Waals surface area contributed by atoms with Crippen LogP contribution < -0.4 is 5.73 Å². The maximum atomic E-state index is 11.2. The van der Waals surface area contributed by atoms with E-state index in [1.165, 1.54) is 0 Å². The molecule has 1 atom stereocenters. The number of amides is 1. The zero-order chi connectivity index (χ0) is 16.5. The Bertz CT molecular complexity index is 564. The van der Waals surface area contributed by atoms with Gasteiger partial charge >= 0.3 is 0 Å². The number of carbonyl (C=O) groups excluding carboxylic acids is 1. The lowest BCUT2D eigenvalue weighted by molar-refractivity contribution is 0.0484. The van der Waals surface area contributed by atoms with Crippen LogP contribution in [0.15, 0.2) is 18.2 Å². The van der Waals surface area contributed by atoms with E-state index in [-0.39, 0.29) is 11.1 Å². The van der Waals surface area contributed by atoms with Gasteiger partial charge in [0.25, 0.3) is 0 Å². The molecule has 0 fully saturated rings. The van der Waals surface area contributed by atoms with Gasteiger partial charge in [-0.05, 0) is 47.8 Å². The maximum Gasteiger partial charge on any atom is 0.248 e. The average Bonchev–Trinajstić information content (AvgIpc) is 2.79. The third-order valence-corrected chi connectivity index (χ3v) is 9.40. The Morgan fingerprint density at radius 3 is 2.68 bits per heavy atom. The number of hydrogen-bond donors (Lipinski definition) is 1. The summed E-state index contributed by atoms with van der Waals surface area (Å²) in [5, 5.41) is 0.220. The number of primary amides is 1. The molecule has 1 aromatic rings. The molecule has 0 saturated heterocycles. The fourth-order valence-electron chi connectivity index (χ4n) is 2.35. The average molecular weight is 321 g/mol. The van der Waals surface area contributed by atoms with Crippen molar-refractivity contribution < 1.29 is 14.0 Å². The SMILES string of the molecule is CC(C)(C)[Si](C)(C)OCCC1OCc2cc(C(N)=O)ccc21. The summed E-state index contributed by atoms with van der Waals surface area (Å²) in [5.74, 6) is -0.396. The van der Waals surface area contributed by atoms with Gasteiger partial charge in [0.2, 0.25) is 5.91 Å². The second kappa shape index (κ2) is 6.14. The molecule has 0 bridgehead atoms. The van der Waals surface area contributed by atoms with Gasteiger partial charge in [-0.3, -0.25) is 4.79 Å². The first-order chi connectivity index (χ1) is 10.1. The summed E-state index contributed by atoms with van der Waals surface area (Å²) < 4.78 is 12.1. The largest absolute Gasteiger partial charge is 0.417 e. The van der Waals surface area contributed by atoms with E-state index in [2.05, 4.69) is 33.9 Å². The Hall–Kier alpha value is -1.17. The highest BCUT2D eigenvalue weighted by molar-refractivity contribution is 6.74. The summed E-state index contributed by atoms with van der Waals surface area (Å²) in [6.07, 6.45) is 0.900.